The van der Waals surface area contributed by atoms with Gasteiger partial charge in [0.15, 0.2) is 17.5 Å². The van der Waals surface area contributed by atoms with Gasteiger partial charge in [-0.3, -0.25) is 9.48 Å². The number of benzene rings is 2. The zero-order valence-electron chi connectivity index (χ0n) is 17.0. The molecule has 1 saturated heterocycles. The molecule has 160 valence electrons. The van der Waals surface area contributed by atoms with Gasteiger partial charge >= 0.3 is 0 Å². The molecule has 1 amide bonds. The van der Waals surface area contributed by atoms with E-state index < -0.39 is 17.5 Å². The van der Waals surface area contributed by atoms with Crippen LogP contribution < -0.4 is 4.74 Å². The second kappa shape index (κ2) is 7.14. The van der Waals surface area contributed by atoms with E-state index in [0.717, 1.165) is 36.2 Å². The highest BCUT2D eigenvalue weighted by Gasteiger charge is 2.45. The van der Waals surface area contributed by atoms with Gasteiger partial charge < -0.3 is 9.64 Å². The van der Waals surface area contributed by atoms with E-state index in [2.05, 4.69) is 5.10 Å². The minimum absolute atomic E-state index is 0.0470. The average molecular weight is 427 g/mol. The molecule has 31 heavy (non-hydrogen) atoms. The molecule has 5 rings (SSSR count). The molecule has 0 saturated carbocycles. The molecule has 2 bridgehead atoms. The third-order valence-corrected chi connectivity index (χ3v) is 6.24. The second-order valence-corrected chi connectivity index (χ2v) is 7.99. The lowest BCUT2D eigenvalue weighted by atomic mass is 9.94. The predicted octanol–water partition coefficient (Wildman–Crippen LogP) is 4.42. The second-order valence-electron chi connectivity index (χ2n) is 7.99. The highest BCUT2D eigenvalue weighted by atomic mass is 19.2. The lowest BCUT2D eigenvalue weighted by Crippen LogP contribution is -2.41. The van der Waals surface area contributed by atoms with Crippen molar-refractivity contribution in [3.63, 3.8) is 0 Å². The van der Waals surface area contributed by atoms with E-state index in [1.54, 1.807) is 43.1 Å². The quantitative estimate of drug-likeness (QED) is 0.582. The molecule has 1 fully saturated rings. The zero-order chi connectivity index (χ0) is 21.9. The number of aromatic nitrogens is 2. The van der Waals surface area contributed by atoms with Crippen molar-refractivity contribution in [3.05, 3.63) is 70.7 Å². The van der Waals surface area contributed by atoms with Gasteiger partial charge in [-0.25, -0.2) is 13.2 Å². The Balaban J connectivity index is 1.55. The molecular weight excluding hydrogens is 407 g/mol. The van der Waals surface area contributed by atoms with Gasteiger partial charge in [0.2, 0.25) is 0 Å². The molecule has 5 nitrogen and oxygen atoms in total. The Labute approximate surface area is 177 Å². The summed E-state index contributed by atoms with van der Waals surface area (Å²) in [6.07, 6.45) is 2.09. The van der Waals surface area contributed by atoms with E-state index in [0.29, 0.717) is 23.4 Å². The number of nitrogens with zero attached hydrogens (tertiary/aromatic N) is 3. The zero-order valence-corrected chi connectivity index (χ0v) is 17.0. The van der Waals surface area contributed by atoms with Crippen molar-refractivity contribution >= 4 is 5.91 Å². The van der Waals surface area contributed by atoms with Gasteiger partial charge in [0.25, 0.3) is 5.91 Å². The molecule has 0 N–H and O–H groups in total. The SMILES string of the molecule is COc1cccc(C(=O)N2[C@H]3CC[C@@H]2c2nn(C)c(-c4cc(F)c(F)c(F)c4)c2C3)c1. The summed E-state index contributed by atoms with van der Waals surface area (Å²) in [5, 5.41) is 4.61. The number of rotatable bonds is 3. The van der Waals surface area contributed by atoms with Crippen LogP contribution in [0.15, 0.2) is 36.4 Å². The number of hydrogen-bond donors (Lipinski definition) is 0. The van der Waals surface area contributed by atoms with Crippen molar-refractivity contribution in [1.82, 2.24) is 14.7 Å². The number of hydrogen-bond acceptors (Lipinski definition) is 3. The Morgan fingerprint density at radius 3 is 2.58 bits per heavy atom. The van der Waals surface area contributed by atoms with Crippen LogP contribution in [0.3, 0.4) is 0 Å². The number of methoxy groups -OCH3 is 1. The normalized spacial score (nSPS) is 19.5. The highest BCUT2D eigenvalue weighted by molar-refractivity contribution is 5.95. The molecule has 0 spiro atoms. The molecule has 2 aromatic carbocycles. The summed E-state index contributed by atoms with van der Waals surface area (Å²) in [6, 6.07) is 8.75. The van der Waals surface area contributed by atoms with Crippen molar-refractivity contribution < 1.29 is 22.7 Å². The Kier molecular flexibility index (Phi) is 4.53. The molecular formula is C23H20F3N3O2. The van der Waals surface area contributed by atoms with E-state index in [1.165, 1.54) is 0 Å². The molecule has 3 heterocycles. The molecule has 0 aliphatic carbocycles. The van der Waals surface area contributed by atoms with Crippen LogP contribution >= 0.6 is 0 Å². The third kappa shape index (κ3) is 3.00. The highest BCUT2D eigenvalue weighted by Crippen LogP contribution is 2.46. The van der Waals surface area contributed by atoms with Crippen LogP contribution in [0.2, 0.25) is 0 Å². The van der Waals surface area contributed by atoms with Crippen LogP contribution in [0.25, 0.3) is 11.3 Å². The van der Waals surface area contributed by atoms with Gasteiger partial charge in [0, 0.05) is 29.8 Å². The van der Waals surface area contributed by atoms with Crippen LogP contribution in [0, 0.1) is 17.5 Å². The largest absolute Gasteiger partial charge is 0.497 e. The monoisotopic (exact) mass is 427 g/mol. The summed E-state index contributed by atoms with van der Waals surface area (Å²) in [6.45, 7) is 0. The summed E-state index contributed by atoms with van der Waals surface area (Å²) in [5.41, 5.74) is 2.92. The lowest BCUT2D eigenvalue weighted by Gasteiger charge is -2.34. The van der Waals surface area contributed by atoms with E-state index >= 15 is 0 Å². The summed E-state index contributed by atoms with van der Waals surface area (Å²) in [4.78, 5) is 15.2. The van der Waals surface area contributed by atoms with Crippen molar-refractivity contribution in [2.75, 3.05) is 7.11 Å². The van der Waals surface area contributed by atoms with Gasteiger partial charge in [-0.2, -0.15) is 5.10 Å². The maximum Gasteiger partial charge on any atom is 0.254 e. The van der Waals surface area contributed by atoms with Crippen LogP contribution in [-0.2, 0) is 13.5 Å². The van der Waals surface area contributed by atoms with E-state index in [4.69, 9.17) is 4.74 Å². The Hall–Kier alpha value is -3.29. The van der Waals surface area contributed by atoms with Crippen molar-refractivity contribution in [2.45, 2.75) is 31.3 Å². The molecule has 0 radical (unpaired) electrons. The summed E-state index contributed by atoms with van der Waals surface area (Å²) >= 11 is 0. The number of aryl methyl sites for hydroxylation is 1. The number of ether oxygens (including phenoxy) is 1. The van der Waals surface area contributed by atoms with Crippen molar-refractivity contribution in [1.29, 1.82) is 0 Å². The third-order valence-electron chi connectivity index (χ3n) is 6.24. The average Bonchev–Trinajstić information content (AvgIpc) is 3.27. The molecule has 0 unspecified atom stereocenters. The smallest absolute Gasteiger partial charge is 0.254 e. The van der Waals surface area contributed by atoms with Gasteiger partial charge in [-0.1, -0.05) is 6.07 Å². The molecule has 3 aromatic rings. The van der Waals surface area contributed by atoms with Crippen LogP contribution in [0.5, 0.6) is 5.75 Å². The number of halogens is 3. The summed E-state index contributed by atoms with van der Waals surface area (Å²) < 4.78 is 48.0. The molecule has 8 heteroatoms. The topological polar surface area (TPSA) is 47.4 Å². The van der Waals surface area contributed by atoms with Crippen molar-refractivity contribution in [2.24, 2.45) is 7.05 Å². The maximum atomic E-state index is 13.9. The van der Waals surface area contributed by atoms with Gasteiger partial charge in [0.1, 0.15) is 5.75 Å². The Morgan fingerprint density at radius 2 is 1.87 bits per heavy atom. The van der Waals surface area contributed by atoms with Gasteiger partial charge in [0.05, 0.1) is 24.5 Å². The predicted molar refractivity (Wildman–Crippen MR) is 107 cm³/mol. The lowest BCUT2D eigenvalue weighted by molar-refractivity contribution is 0.0642. The van der Waals surface area contributed by atoms with Gasteiger partial charge in [-0.15, -0.1) is 0 Å². The van der Waals surface area contributed by atoms with E-state index in [1.807, 2.05) is 4.90 Å². The first-order chi connectivity index (χ1) is 14.9. The molecule has 1 aromatic heterocycles. The van der Waals surface area contributed by atoms with Crippen molar-refractivity contribution in [3.8, 4) is 17.0 Å². The Morgan fingerprint density at radius 1 is 1.13 bits per heavy atom. The number of carbonyl (C=O) groups excluding carboxylic acids is 1. The van der Waals surface area contributed by atoms with E-state index in [-0.39, 0.29) is 23.6 Å². The standard InChI is InChI=1S/C23H20F3N3O2/c1-28-22(13-9-17(24)20(26)18(25)10-13)16-11-14-6-7-19(21(16)27-28)29(14)23(30)12-4-3-5-15(8-12)31-2/h3-5,8-10,14,19H,6-7,11H2,1-2H3/t14-,19+/m0/s1. The first kappa shape index (κ1) is 19.7. The molecule has 2 atom stereocenters. The van der Waals surface area contributed by atoms with E-state index in [9.17, 15) is 18.0 Å². The molecule has 2 aliphatic heterocycles. The fourth-order valence-electron chi connectivity index (χ4n) is 4.91. The minimum atomic E-state index is -1.49. The summed E-state index contributed by atoms with van der Waals surface area (Å²) in [7, 11) is 3.24. The molecule has 2 aliphatic rings. The van der Waals surface area contributed by atoms with Crippen LogP contribution in [-0.4, -0.2) is 33.7 Å². The first-order valence-electron chi connectivity index (χ1n) is 10.1. The fraction of sp³-hybridized carbons (Fsp3) is 0.304. The number of carbonyl (C=O) groups is 1. The maximum absolute atomic E-state index is 13.9. The Bertz CT molecular complexity index is 1180. The van der Waals surface area contributed by atoms with Gasteiger partial charge in [-0.05, 0) is 49.6 Å². The number of amides is 1. The van der Waals surface area contributed by atoms with Crippen LogP contribution in [0.1, 0.15) is 40.5 Å². The number of fused-ring (bicyclic) bond motifs is 4. The first-order valence-corrected chi connectivity index (χ1v) is 10.1. The fourth-order valence-corrected chi connectivity index (χ4v) is 4.91. The van der Waals surface area contributed by atoms with Crippen LogP contribution in [0.4, 0.5) is 13.2 Å². The minimum Gasteiger partial charge on any atom is -0.497 e. The summed E-state index contributed by atoms with van der Waals surface area (Å²) in [5.74, 6) is -3.45.